The molecule has 0 saturated heterocycles. The Kier molecular flexibility index (Phi) is 30.7. The van der Waals surface area contributed by atoms with Gasteiger partial charge in [0.1, 0.15) is 13.5 Å². The van der Waals surface area contributed by atoms with Gasteiger partial charge >= 0.3 is 7.82 Å². The van der Waals surface area contributed by atoms with Crippen LogP contribution in [-0.4, -0.2) is 13.5 Å². The number of phosphoric acid groups is 1. The molecular weight excluding hydrogens is 947 g/mol. The largest absolute Gasteiger partial charge is 0.478 e. The highest BCUT2D eigenvalue weighted by Gasteiger charge is 2.61. The van der Waals surface area contributed by atoms with Gasteiger partial charge in [0.2, 0.25) is 0 Å². The van der Waals surface area contributed by atoms with Crippen molar-refractivity contribution in [1.29, 1.82) is 0 Å². The Hall–Kier alpha value is 1.55. The standard InChI is InChI=1S/C51H102Br3O4P/c1-16-25-34-43(35-26-17-2)46(10,11)49(52,40-31-22-7)56-59(55,57-50(53,41-32-23-8)47(12,13)44(36-27-18-3)37-28-19-4)58-51(54,42-33-24-9)48(14,15)45(38-29-20-5)39-30-21-6/h43-45H,16-42H2,1-15H3. The topological polar surface area (TPSA) is 44.8 Å². The van der Waals surface area contributed by atoms with Crippen LogP contribution in [0.1, 0.15) is 277 Å². The maximum Gasteiger partial charge on any atom is 0.478 e. The Morgan fingerprint density at radius 2 is 0.525 bits per heavy atom. The highest BCUT2D eigenvalue weighted by atomic mass is 79.9. The third-order valence-electron chi connectivity index (χ3n) is 14.7. The molecule has 0 spiro atoms. The van der Waals surface area contributed by atoms with E-state index in [0.717, 1.165) is 116 Å². The van der Waals surface area contributed by atoms with Crippen molar-refractivity contribution >= 4 is 55.6 Å². The predicted octanol–water partition coefficient (Wildman–Crippen LogP) is 21.1. The lowest BCUT2D eigenvalue weighted by molar-refractivity contribution is -0.103. The molecule has 0 rings (SSSR count). The zero-order chi connectivity index (χ0) is 45.4. The van der Waals surface area contributed by atoms with Crippen LogP contribution in [0.4, 0.5) is 0 Å². The summed E-state index contributed by atoms with van der Waals surface area (Å²) in [5.74, 6) is 1.13. The number of alkyl halides is 3. The maximum absolute atomic E-state index is 16.9. The highest BCUT2D eigenvalue weighted by molar-refractivity contribution is 9.10. The molecule has 0 N–H and O–H groups in total. The molecule has 3 unspecified atom stereocenters. The predicted molar refractivity (Wildman–Crippen MR) is 273 cm³/mol. The van der Waals surface area contributed by atoms with Crippen molar-refractivity contribution < 1.29 is 18.1 Å². The summed E-state index contributed by atoms with van der Waals surface area (Å²) in [5.41, 5.74) is -1.11. The Morgan fingerprint density at radius 1 is 0.356 bits per heavy atom. The number of unbranched alkanes of at least 4 members (excludes halogenated alkanes) is 9. The third-order valence-corrected chi connectivity index (χ3v) is 21.8. The van der Waals surface area contributed by atoms with E-state index < -0.39 is 21.4 Å². The van der Waals surface area contributed by atoms with Crippen molar-refractivity contribution in [3.63, 3.8) is 0 Å². The zero-order valence-electron chi connectivity index (χ0n) is 42.0. The van der Waals surface area contributed by atoms with Gasteiger partial charge < -0.3 is 0 Å². The summed E-state index contributed by atoms with van der Waals surface area (Å²) >= 11 is 13.1. The van der Waals surface area contributed by atoms with Crippen LogP contribution in [0.2, 0.25) is 0 Å². The van der Waals surface area contributed by atoms with Crippen molar-refractivity contribution in [2.75, 3.05) is 0 Å². The van der Waals surface area contributed by atoms with E-state index in [9.17, 15) is 0 Å². The molecule has 0 aliphatic heterocycles. The number of hydrogen-bond donors (Lipinski definition) is 0. The van der Waals surface area contributed by atoms with Gasteiger partial charge in [0.05, 0.1) is 0 Å². The lowest BCUT2D eigenvalue weighted by atomic mass is 9.69. The van der Waals surface area contributed by atoms with Crippen LogP contribution in [-0.2, 0) is 18.1 Å². The Labute approximate surface area is 395 Å². The van der Waals surface area contributed by atoms with E-state index in [1.165, 1.54) is 38.5 Å². The first-order valence-corrected chi connectivity index (χ1v) is 29.2. The lowest BCUT2D eigenvalue weighted by Crippen LogP contribution is -2.51. The van der Waals surface area contributed by atoms with Gasteiger partial charge in [-0.3, -0.25) is 13.6 Å². The minimum Gasteiger partial charge on any atom is -0.268 e. The summed E-state index contributed by atoms with van der Waals surface area (Å²) in [6, 6.07) is 0. The highest BCUT2D eigenvalue weighted by Crippen LogP contribution is 2.71. The quantitative estimate of drug-likeness (QED) is 0.0455. The molecule has 8 heteroatoms. The Balaban J connectivity index is 8.31. The fourth-order valence-electron chi connectivity index (χ4n) is 9.47. The molecular formula is C51H102Br3O4P. The van der Waals surface area contributed by atoms with Crippen LogP contribution in [0.15, 0.2) is 0 Å². The summed E-state index contributed by atoms with van der Waals surface area (Å²) in [5, 5.41) is 0. The smallest absolute Gasteiger partial charge is 0.268 e. The maximum atomic E-state index is 16.9. The van der Waals surface area contributed by atoms with E-state index in [4.69, 9.17) is 13.6 Å². The van der Waals surface area contributed by atoms with Gasteiger partial charge in [-0.25, -0.2) is 4.57 Å². The monoisotopic (exact) mass is 1050 g/mol. The second kappa shape index (κ2) is 30.0. The molecule has 0 radical (unpaired) electrons. The van der Waals surface area contributed by atoms with Crippen molar-refractivity contribution in [2.24, 2.45) is 34.0 Å². The Morgan fingerprint density at radius 3 is 0.678 bits per heavy atom. The normalized spacial score (nSPS) is 17.4. The molecule has 0 saturated carbocycles. The van der Waals surface area contributed by atoms with Gasteiger partial charge in [-0.15, -0.1) is 0 Å². The number of halogens is 3. The summed E-state index contributed by atoms with van der Waals surface area (Å²) in [6.45, 7) is 34.6. The molecule has 0 amide bonds. The fraction of sp³-hybridized carbons (Fsp3) is 1.00. The van der Waals surface area contributed by atoms with Gasteiger partial charge in [-0.05, 0) is 94.8 Å². The fourth-order valence-corrected chi connectivity index (χ4v) is 15.0. The van der Waals surface area contributed by atoms with Crippen LogP contribution < -0.4 is 0 Å². The van der Waals surface area contributed by atoms with Gasteiger partial charge in [0.15, 0.2) is 0 Å². The van der Waals surface area contributed by atoms with E-state index in [0.29, 0.717) is 37.0 Å². The van der Waals surface area contributed by atoms with Crippen molar-refractivity contribution in [3.05, 3.63) is 0 Å². The van der Waals surface area contributed by atoms with Gasteiger partial charge in [0, 0.05) is 16.2 Å². The van der Waals surface area contributed by atoms with Crippen LogP contribution in [0, 0.1) is 34.0 Å². The van der Waals surface area contributed by atoms with Gasteiger partial charge in [-0.1, -0.05) is 248 Å². The number of hydrogen-bond acceptors (Lipinski definition) is 4. The molecule has 0 aliphatic carbocycles. The van der Waals surface area contributed by atoms with Crippen LogP contribution in [0.25, 0.3) is 0 Å². The van der Waals surface area contributed by atoms with Crippen LogP contribution in [0.5, 0.6) is 0 Å². The van der Waals surface area contributed by atoms with Crippen LogP contribution in [0.3, 0.4) is 0 Å². The summed E-state index contributed by atoms with van der Waals surface area (Å²) < 4.78 is 36.6. The average molecular weight is 1050 g/mol. The molecule has 0 aromatic heterocycles. The van der Waals surface area contributed by atoms with E-state index in [1.807, 2.05) is 0 Å². The molecule has 59 heavy (non-hydrogen) atoms. The van der Waals surface area contributed by atoms with E-state index in [2.05, 4.69) is 152 Å². The molecule has 0 fully saturated rings. The second-order valence-electron chi connectivity index (χ2n) is 20.3. The molecule has 0 heterocycles. The molecule has 356 valence electrons. The minimum absolute atomic E-state index is 0.369. The second-order valence-corrected chi connectivity index (χ2v) is 25.6. The van der Waals surface area contributed by atoms with E-state index >= 15 is 4.57 Å². The first-order chi connectivity index (χ1) is 27.6. The average Bonchev–Trinajstić information content (AvgIpc) is 3.17. The van der Waals surface area contributed by atoms with Gasteiger partial charge in [-0.2, -0.15) is 0 Å². The molecule has 4 nitrogen and oxygen atoms in total. The SMILES string of the molecule is CCCCC(CCCC)C(C)(C)C(Br)(CCCC)OP(=O)(OC(Br)(CCCC)C(C)(C)C(CCCC)CCCC)OC(Br)(CCCC)C(C)(C)C(CCCC)CCCC. The molecule has 0 aliphatic rings. The third kappa shape index (κ3) is 18.4. The molecule has 0 aromatic carbocycles. The summed E-state index contributed by atoms with van der Waals surface area (Å²) in [7, 11) is -4.41. The molecule has 3 atom stereocenters. The van der Waals surface area contributed by atoms with E-state index in [-0.39, 0.29) is 16.2 Å². The van der Waals surface area contributed by atoms with E-state index in [1.54, 1.807) is 0 Å². The zero-order valence-corrected chi connectivity index (χ0v) is 47.7. The lowest BCUT2D eigenvalue weighted by Gasteiger charge is -2.53. The number of phosphoric ester groups is 1. The summed E-state index contributed by atoms with van der Waals surface area (Å²) in [4.78, 5) is 0. The number of rotatable bonds is 39. The first kappa shape index (κ1) is 60.5. The van der Waals surface area contributed by atoms with Gasteiger partial charge in [0.25, 0.3) is 0 Å². The summed E-state index contributed by atoms with van der Waals surface area (Å²) in [6.07, 6.45) is 28.6. The van der Waals surface area contributed by atoms with Crippen molar-refractivity contribution in [3.8, 4) is 0 Å². The molecule has 0 aromatic rings. The molecule has 0 bridgehead atoms. The van der Waals surface area contributed by atoms with Crippen LogP contribution >= 0.6 is 55.6 Å². The minimum atomic E-state index is -4.41. The van der Waals surface area contributed by atoms with Crippen molar-refractivity contribution in [2.45, 2.75) is 291 Å². The van der Waals surface area contributed by atoms with Crippen molar-refractivity contribution in [1.82, 2.24) is 0 Å². The first-order valence-electron chi connectivity index (χ1n) is 25.4. The Bertz CT molecular complexity index is 959.